The zero-order valence-electron chi connectivity index (χ0n) is 39.2. The van der Waals surface area contributed by atoms with Gasteiger partial charge in [0.1, 0.15) is 0 Å². The van der Waals surface area contributed by atoms with E-state index in [1.165, 1.54) is 54.9 Å². The number of fused-ring (bicyclic) bond motifs is 7. The van der Waals surface area contributed by atoms with E-state index in [2.05, 4.69) is 245 Å². The lowest BCUT2D eigenvalue weighted by Gasteiger charge is -2.38. The van der Waals surface area contributed by atoms with E-state index in [9.17, 15) is 0 Å². The van der Waals surface area contributed by atoms with Crippen molar-refractivity contribution in [3.8, 4) is 27.9 Å². The fraction of sp³-hybridized carbons (Fsp3) is 0.0469. The van der Waals surface area contributed by atoms with Crippen molar-refractivity contribution >= 4 is 96.1 Å². The summed E-state index contributed by atoms with van der Waals surface area (Å²) in [6, 6.07) is 79.0. The monoisotopic (exact) mass is 895 g/mol. The summed E-state index contributed by atoms with van der Waals surface area (Å²) < 4.78 is 2.51. The van der Waals surface area contributed by atoms with Crippen LogP contribution in [0.15, 0.2) is 218 Å². The standard InChI is InChI=1S/C64H46BN5/c1-41-29-31-43(3)52(33-41)54-37-49(68(45-19-9-5-10-20-45)46-21-11-6-12-22-46)39-56-63(54)67-59-35-44(51-27-17-18-28-58(51)66-4)36-61-62(59)65(56)57-40-50(38-55-53-34-42(2)30-32-60(53)70(61)64(55)57)69(47-23-13-7-14-24-47)48-25-15-8-16-26-48/h5-40,67H,1-3H3. The van der Waals surface area contributed by atoms with Gasteiger partial charge in [0.2, 0.25) is 0 Å². The van der Waals surface area contributed by atoms with Gasteiger partial charge in [0, 0.05) is 73.0 Å². The molecule has 0 bridgehead atoms. The SMILES string of the molecule is [C-]#[N+]c1ccccc1-c1cc2c3c(c1)-n1c4ccc(C)cc4c4cc(N(c5ccccc5)c5ccccc5)cc(c41)B3c1cc(N(c3ccccc3)c3ccccc3)cc(-c3cc(C)ccc3C)c1N2. The topological polar surface area (TPSA) is 27.8 Å². The first-order chi connectivity index (χ1) is 34.4. The molecule has 11 aromatic rings. The summed E-state index contributed by atoms with van der Waals surface area (Å²) in [6.45, 7) is 14.7. The van der Waals surface area contributed by atoms with Gasteiger partial charge in [0.05, 0.1) is 12.1 Å². The quantitative estimate of drug-likeness (QED) is 0.122. The third kappa shape index (κ3) is 6.54. The van der Waals surface area contributed by atoms with Crippen molar-refractivity contribution < 1.29 is 0 Å². The van der Waals surface area contributed by atoms with Gasteiger partial charge in [0.25, 0.3) is 6.71 Å². The molecule has 0 unspecified atom stereocenters. The average molecular weight is 896 g/mol. The van der Waals surface area contributed by atoms with E-state index in [4.69, 9.17) is 6.57 Å². The molecule has 0 amide bonds. The number of nitrogens with zero attached hydrogens (tertiary/aromatic N) is 4. The van der Waals surface area contributed by atoms with Crippen molar-refractivity contribution in [1.29, 1.82) is 0 Å². The highest BCUT2D eigenvalue weighted by Crippen LogP contribution is 2.47. The van der Waals surface area contributed by atoms with Gasteiger partial charge in [-0.1, -0.05) is 132 Å². The first-order valence-corrected chi connectivity index (χ1v) is 24.0. The van der Waals surface area contributed by atoms with Crippen LogP contribution in [0.2, 0.25) is 0 Å². The molecule has 2 aliphatic rings. The van der Waals surface area contributed by atoms with Gasteiger partial charge in [-0.15, -0.1) is 0 Å². The molecule has 0 aliphatic carbocycles. The van der Waals surface area contributed by atoms with Gasteiger partial charge in [-0.05, 0) is 156 Å². The molecule has 13 rings (SSSR count). The Morgan fingerprint density at radius 1 is 0.471 bits per heavy atom. The van der Waals surface area contributed by atoms with Crippen molar-refractivity contribution in [2.75, 3.05) is 15.1 Å². The Morgan fingerprint density at radius 2 is 1.03 bits per heavy atom. The number of anilines is 8. The van der Waals surface area contributed by atoms with Crippen LogP contribution in [0.1, 0.15) is 16.7 Å². The summed E-state index contributed by atoms with van der Waals surface area (Å²) in [6.07, 6.45) is 0. The molecule has 1 N–H and O–H groups in total. The van der Waals surface area contributed by atoms with E-state index in [0.29, 0.717) is 5.69 Å². The van der Waals surface area contributed by atoms with E-state index in [1.54, 1.807) is 0 Å². The van der Waals surface area contributed by atoms with Crippen LogP contribution < -0.4 is 31.5 Å². The number of hydrogen-bond acceptors (Lipinski definition) is 3. The zero-order valence-corrected chi connectivity index (χ0v) is 39.2. The minimum Gasteiger partial charge on any atom is -0.356 e. The minimum atomic E-state index is -0.197. The second-order valence-corrected chi connectivity index (χ2v) is 18.7. The molecule has 2 aliphatic heterocycles. The largest absolute Gasteiger partial charge is 0.356 e. The minimum absolute atomic E-state index is 0.197. The number of aromatic nitrogens is 1. The van der Waals surface area contributed by atoms with Gasteiger partial charge < -0.3 is 19.7 Å². The molecule has 70 heavy (non-hydrogen) atoms. The molecular weight excluding hydrogens is 850 g/mol. The number of aryl methyl sites for hydroxylation is 3. The highest BCUT2D eigenvalue weighted by Gasteiger charge is 2.42. The predicted octanol–water partition coefficient (Wildman–Crippen LogP) is 15.4. The maximum absolute atomic E-state index is 8.27. The number of rotatable bonds is 8. The lowest BCUT2D eigenvalue weighted by atomic mass is 9.33. The van der Waals surface area contributed by atoms with Gasteiger partial charge in [-0.3, -0.25) is 0 Å². The number of nitrogens with one attached hydrogen (secondary N) is 1. The zero-order chi connectivity index (χ0) is 47.0. The predicted molar refractivity (Wildman–Crippen MR) is 296 cm³/mol. The van der Waals surface area contributed by atoms with Crippen LogP contribution >= 0.6 is 0 Å². The Hall–Kier alpha value is -9.05. The van der Waals surface area contributed by atoms with Crippen LogP contribution in [-0.4, -0.2) is 11.3 Å². The first kappa shape index (κ1) is 41.2. The van der Waals surface area contributed by atoms with Gasteiger partial charge in [0.15, 0.2) is 5.69 Å². The summed E-state index contributed by atoms with van der Waals surface area (Å²) >= 11 is 0. The fourth-order valence-corrected chi connectivity index (χ4v) is 11.3. The molecule has 330 valence electrons. The molecule has 0 radical (unpaired) electrons. The van der Waals surface area contributed by atoms with Crippen molar-refractivity contribution in [3.05, 3.63) is 246 Å². The Morgan fingerprint density at radius 3 is 1.66 bits per heavy atom. The van der Waals surface area contributed by atoms with Crippen LogP contribution in [0.25, 0.3) is 54.6 Å². The van der Waals surface area contributed by atoms with Crippen LogP contribution in [0.3, 0.4) is 0 Å². The third-order valence-corrected chi connectivity index (χ3v) is 14.3. The molecule has 5 nitrogen and oxygen atoms in total. The molecule has 0 fully saturated rings. The fourth-order valence-electron chi connectivity index (χ4n) is 11.3. The summed E-state index contributed by atoms with van der Waals surface area (Å²) in [5.74, 6) is 0. The first-order valence-electron chi connectivity index (χ1n) is 24.0. The molecule has 0 atom stereocenters. The van der Waals surface area contributed by atoms with Crippen LogP contribution in [0, 0.1) is 27.3 Å². The highest BCUT2D eigenvalue weighted by atomic mass is 15.2. The smallest absolute Gasteiger partial charge is 0.252 e. The van der Waals surface area contributed by atoms with Gasteiger partial charge in [-0.25, -0.2) is 4.85 Å². The summed E-state index contributed by atoms with van der Waals surface area (Å²) in [5.41, 5.74) is 24.2. The molecular formula is C64H46BN5. The van der Waals surface area contributed by atoms with Crippen molar-refractivity contribution in [3.63, 3.8) is 0 Å². The van der Waals surface area contributed by atoms with Crippen molar-refractivity contribution in [1.82, 2.24) is 4.57 Å². The molecule has 3 heterocycles. The van der Waals surface area contributed by atoms with Gasteiger partial charge in [-0.2, -0.15) is 0 Å². The second-order valence-electron chi connectivity index (χ2n) is 18.7. The Kier molecular flexibility index (Phi) is 9.61. The second kappa shape index (κ2) is 16.3. The van der Waals surface area contributed by atoms with E-state index in [0.717, 1.165) is 73.4 Å². The number of hydrogen-bond donors (Lipinski definition) is 1. The summed E-state index contributed by atoms with van der Waals surface area (Å²) in [5, 5.41) is 6.57. The molecule has 10 aromatic carbocycles. The Labute approximate surface area is 409 Å². The van der Waals surface area contributed by atoms with Crippen LogP contribution in [0.5, 0.6) is 0 Å². The lowest BCUT2D eigenvalue weighted by molar-refractivity contribution is 1.19. The number of para-hydroxylation sites is 5. The Balaban J connectivity index is 1.19. The van der Waals surface area contributed by atoms with Gasteiger partial charge >= 0.3 is 0 Å². The normalized spacial score (nSPS) is 12.0. The lowest BCUT2D eigenvalue weighted by Crippen LogP contribution is -2.59. The third-order valence-electron chi connectivity index (χ3n) is 14.3. The molecule has 0 spiro atoms. The molecule has 0 saturated heterocycles. The van der Waals surface area contributed by atoms with Crippen LogP contribution in [0.4, 0.5) is 51.2 Å². The van der Waals surface area contributed by atoms with E-state index in [-0.39, 0.29) is 6.71 Å². The maximum Gasteiger partial charge on any atom is 0.252 e. The summed E-state index contributed by atoms with van der Waals surface area (Å²) in [4.78, 5) is 8.85. The molecule has 0 saturated carbocycles. The Bertz CT molecular complexity index is 3830. The number of benzene rings is 10. The molecule has 6 heteroatoms. The van der Waals surface area contributed by atoms with E-state index >= 15 is 0 Å². The van der Waals surface area contributed by atoms with Crippen molar-refractivity contribution in [2.45, 2.75) is 20.8 Å². The summed E-state index contributed by atoms with van der Waals surface area (Å²) in [7, 11) is 0. The highest BCUT2D eigenvalue weighted by molar-refractivity contribution is 7.00. The van der Waals surface area contributed by atoms with Crippen molar-refractivity contribution in [2.24, 2.45) is 0 Å². The average Bonchev–Trinajstić information content (AvgIpc) is 3.73. The maximum atomic E-state index is 8.27. The molecule has 1 aromatic heterocycles. The van der Waals surface area contributed by atoms with E-state index < -0.39 is 0 Å². The van der Waals surface area contributed by atoms with E-state index in [1.807, 2.05) is 18.2 Å². The van der Waals surface area contributed by atoms with Crippen LogP contribution in [-0.2, 0) is 0 Å².